The second-order valence-electron chi connectivity index (χ2n) is 4.35. The van der Waals surface area contributed by atoms with E-state index in [1.54, 1.807) is 18.2 Å². The Hall–Kier alpha value is -2.39. The molecule has 0 spiro atoms. The molecule has 0 bridgehead atoms. The number of anilines is 1. The molecule has 3 nitrogen and oxygen atoms in total. The lowest BCUT2D eigenvalue weighted by Gasteiger charge is -2.05. The summed E-state index contributed by atoms with van der Waals surface area (Å²) in [7, 11) is 0. The van der Waals surface area contributed by atoms with Crippen molar-refractivity contribution in [3.63, 3.8) is 0 Å². The molecule has 0 unspecified atom stereocenters. The molecule has 0 fully saturated rings. The molecule has 0 radical (unpaired) electrons. The highest BCUT2D eigenvalue weighted by Gasteiger charge is 2.08. The van der Waals surface area contributed by atoms with Gasteiger partial charge in [-0.15, -0.1) is 0 Å². The van der Waals surface area contributed by atoms with Crippen molar-refractivity contribution in [2.24, 2.45) is 0 Å². The first-order valence-corrected chi connectivity index (χ1v) is 6.53. The van der Waals surface area contributed by atoms with Crippen molar-refractivity contribution in [3.05, 3.63) is 71.4 Å². The van der Waals surface area contributed by atoms with E-state index in [9.17, 15) is 4.79 Å². The molecular weight excluding hydrogens is 272 g/mol. The lowest BCUT2D eigenvalue weighted by molar-refractivity contribution is 0.102. The zero-order chi connectivity index (χ0) is 13.9. The van der Waals surface area contributed by atoms with E-state index in [4.69, 9.17) is 11.6 Å². The van der Waals surface area contributed by atoms with Crippen molar-refractivity contribution < 1.29 is 4.79 Å². The van der Waals surface area contributed by atoms with Crippen LogP contribution in [-0.4, -0.2) is 10.9 Å². The van der Waals surface area contributed by atoms with Gasteiger partial charge in [0, 0.05) is 16.1 Å². The first kappa shape index (κ1) is 12.6. The molecule has 1 aromatic heterocycles. The number of carbonyl (C=O) groups excluding carboxylic acids is 1. The maximum atomic E-state index is 12.1. The fourth-order valence-corrected chi connectivity index (χ4v) is 2.12. The van der Waals surface area contributed by atoms with Gasteiger partial charge < -0.3 is 5.32 Å². The monoisotopic (exact) mass is 282 g/mol. The molecule has 2 aromatic carbocycles. The standard InChI is InChI=1S/C16H11ClN2O/c17-12-7-9-14-11(10-12)6-8-15(19-14)16(20)18-13-4-2-1-3-5-13/h1-10H,(H,18,20). The van der Waals surface area contributed by atoms with Gasteiger partial charge in [0.1, 0.15) is 5.69 Å². The van der Waals surface area contributed by atoms with Crippen LogP contribution in [-0.2, 0) is 0 Å². The minimum atomic E-state index is -0.229. The van der Waals surface area contributed by atoms with Crippen molar-refractivity contribution in [1.82, 2.24) is 4.98 Å². The topological polar surface area (TPSA) is 42.0 Å². The number of hydrogen-bond donors (Lipinski definition) is 1. The molecule has 0 aliphatic carbocycles. The summed E-state index contributed by atoms with van der Waals surface area (Å²) < 4.78 is 0. The molecule has 0 atom stereocenters. The van der Waals surface area contributed by atoms with E-state index < -0.39 is 0 Å². The minimum Gasteiger partial charge on any atom is -0.321 e. The normalized spacial score (nSPS) is 10.4. The van der Waals surface area contributed by atoms with Crippen molar-refractivity contribution >= 4 is 34.1 Å². The Morgan fingerprint density at radius 2 is 1.80 bits per heavy atom. The molecule has 0 saturated carbocycles. The van der Waals surface area contributed by atoms with Crippen molar-refractivity contribution in [1.29, 1.82) is 0 Å². The van der Waals surface area contributed by atoms with Crippen LogP contribution in [0.5, 0.6) is 0 Å². The largest absolute Gasteiger partial charge is 0.321 e. The average Bonchev–Trinajstić information content (AvgIpc) is 2.47. The third kappa shape index (κ3) is 2.63. The average molecular weight is 283 g/mol. The fourth-order valence-electron chi connectivity index (χ4n) is 1.94. The Balaban J connectivity index is 1.90. The Morgan fingerprint density at radius 1 is 1.00 bits per heavy atom. The number of nitrogens with one attached hydrogen (secondary N) is 1. The van der Waals surface area contributed by atoms with Crippen molar-refractivity contribution in [2.45, 2.75) is 0 Å². The molecule has 98 valence electrons. The van der Waals surface area contributed by atoms with Gasteiger partial charge in [-0.3, -0.25) is 4.79 Å². The van der Waals surface area contributed by atoms with E-state index in [2.05, 4.69) is 10.3 Å². The predicted molar refractivity (Wildman–Crippen MR) is 81.1 cm³/mol. The number of halogens is 1. The van der Waals surface area contributed by atoms with E-state index >= 15 is 0 Å². The Morgan fingerprint density at radius 3 is 2.60 bits per heavy atom. The second kappa shape index (κ2) is 5.31. The van der Waals surface area contributed by atoms with Crippen LogP contribution < -0.4 is 5.32 Å². The highest BCUT2D eigenvalue weighted by Crippen LogP contribution is 2.18. The van der Waals surface area contributed by atoms with Gasteiger partial charge in [-0.1, -0.05) is 35.9 Å². The predicted octanol–water partition coefficient (Wildman–Crippen LogP) is 4.14. The van der Waals surface area contributed by atoms with E-state index in [0.717, 1.165) is 16.6 Å². The third-order valence-electron chi connectivity index (χ3n) is 2.92. The molecule has 1 amide bonds. The first-order chi connectivity index (χ1) is 9.72. The highest BCUT2D eigenvalue weighted by molar-refractivity contribution is 6.31. The summed E-state index contributed by atoms with van der Waals surface area (Å²) in [4.78, 5) is 16.5. The van der Waals surface area contributed by atoms with Crippen LogP contribution in [0.3, 0.4) is 0 Å². The van der Waals surface area contributed by atoms with Gasteiger partial charge in [-0.05, 0) is 36.4 Å². The molecule has 4 heteroatoms. The zero-order valence-electron chi connectivity index (χ0n) is 10.5. The number of carbonyl (C=O) groups is 1. The number of fused-ring (bicyclic) bond motifs is 1. The summed E-state index contributed by atoms with van der Waals surface area (Å²) in [6, 6.07) is 18.2. The van der Waals surface area contributed by atoms with Crippen molar-refractivity contribution in [3.8, 4) is 0 Å². The highest BCUT2D eigenvalue weighted by atomic mass is 35.5. The second-order valence-corrected chi connectivity index (χ2v) is 4.79. The Labute approximate surface area is 121 Å². The maximum absolute atomic E-state index is 12.1. The van der Waals surface area contributed by atoms with Crippen LogP contribution >= 0.6 is 11.6 Å². The zero-order valence-corrected chi connectivity index (χ0v) is 11.3. The van der Waals surface area contributed by atoms with E-state index in [1.165, 1.54) is 0 Å². The summed E-state index contributed by atoms with van der Waals surface area (Å²) in [6.45, 7) is 0. The molecule has 1 heterocycles. The van der Waals surface area contributed by atoms with Gasteiger partial charge in [0.05, 0.1) is 5.52 Å². The molecule has 3 rings (SSSR count). The van der Waals surface area contributed by atoms with Gasteiger partial charge in [0.25, 0.3) is 5.91 Å². The number of nitrogens with zero attached hydrogens (tertiary/aromatic N) is 1. The fraction of sp³-hybridized carbons (Fsp3) is 0. The first-order valence-electron chi connectivity index (χ1n) is 6.15. The minimum absolute atomic E-state index is 0.229. The van der Waals surface area contributed by atoms with Crippen LogP contribution in [0.1, 0.15) is 10.5 Å². The van der Waals surface area contributed by atoms with Gasteiger partial charge in [-0.25, -0.2) is 4.98 Å². The van der Waals surface area contributed by atoms with E-state index in [-0.39, 0.29) is 5.91 Å². The number of pyridine rings is 1. The third-order valence-corrected chi connectivity index (χ3v) is 3.15. The van der Waals surface area contributed by atoms with Crippen LogP contribution in [0.15, 0.2) is 60.7 Å². The lowest BCUT2D eigenvalue weighted by Crippen LogP contribution is -2.13. The molecule has 1 N–H and O–H groups in total. The van der Waals surface area contributed by atoms with Gasteiger partial charge in [-0.2, -0.15) is 0 Å². The number of para-hydroxylation sites is 1. The molecule has 0 aliphatic rings. The summed E-state index contributed by atoms with van der Waals surface area (Å²) >= 11 is 5.92. The summed E-state index contributed by atoms with van der Waals surface area (Å²) in [5.41, 5.74) is 1.87. The maximum Gasteiger partial charge on any atom is 0.274 e. The SMILES string of the molecule is O=C(Nc1ccccc1)c1ccc2cc(Cl)ccc2n1. The number of rotatable bonds is 2. The number of amides is 1. The van der Waals surface area contributed by atoms with Gasteiger partial charge in [0.15, 0.2) is 0 Å². The number of hydrogen-bond acceptors (Lipinski definition) is 2. The van der Waals surface area contributed by atoms with Crippen LogP contribution in [0.4, 0.5) is 5.69 Å². The van der Waals surface area contributed by atoms with Crippen LogP contribution in [0, 0.1) is 0 Å². The van der Waals surface area contributed by atoms with Gasteiger partial charge >= 0.3 is 0 Å². The Bertz CT molecular complexity index is 772. The summed E-state index contributed by atoms with van der Waals surface area (Å²) in [5, 5.41) is 4.37. The number of benzene rings is 2. The summed E-state index contributed by atoms with van der Waals surface area (Å²) in [5.74, 6) is -0.229. The molecule has 20 heavy (non-hydrogen) atoms. The lowest BCUT2D eigenvalue weighted by atomic mass is 10.2. The van der Waals surface area contributed by atoms with Gasteiger partial charge in [0.2, 0.25) is 0 Å². The smallest absolute Gasteiger partial charge is 0.274 e. The molecular formula is C16H11ClN2O. The molecule has 3 aromatic rings. The molecule has 0 saturated heterocycles. The quantitative estimate of drug-likeness (QED) is 0.767. The van der Waals surface area contributed by atoms with Crippen LogP contribution in [0.2, 0.25) is 5.02 Å². The Kier molecular flexibility index (Phi) is 3.35. The van der Waals surface area contributed by atoms with E-state index in [1.807, 2.05) is 42.5 Å². The van der Waals surface area contributed by atoms with Crippen LogP contribution in [0.25, 0.3) is 10.9 Å². The van der Waals surface area contributed by atoms with Crippen molar-refractivity contribution in [2.75, 3.05) is 5.32 Å². The molecule has 0 aliphatic heterocycles. The van der Waals surface area contributed by atoms with E-state index in [0.29, 0.717) is 10.7 Å². The number of aromatic nitrogens is 1. The summed E-state index contributed by atoms with van der Waals surface area (Å²) in [6.07, 6.45) is 0.